The van der Waals surface area contributed by atoms with Crippen LogP contribution in [0.1, 0.15) is 37.6 Å². The number of ether oxygens (including phenoxy) is 1. The zero-order valence-corrected chi connectivity index (χ0v) is 11.9. The number of nitrogens with one attached hydrogen (secondary N) is 1. The third kappa shape index (κ3) is 5.75. The molecule has 4 heteroatoms. The van der Waals surface area contributed by atoms with Crippen LogP contribution >= 0.6 is 0 Å². The van der Waals surface area contributed by atoms with E-state index in [-0.39, 0.29) is 5.56 Å². The highest BCUT2D eigenvalue weighted by Crippen LogP contribution is 2.17. The van der Waals surface area contributed by atoms with E-state index in [9.17, 15) is 4.79 Å². The molecule has 0 aliphatic carbocycles. The lowest BCUT2D eigenvalue weighted by atomic mass is 9.90. The molecule has 0 bridgehead atoms. The normalized spacial score (nSPS) is 11.3. The van der Waals surface area contributed by atoms with E-state index in [2.05, 4.69) is 26.1 Å². The molecule has 0 radical (unpaired) electrons. The van der Waals surface area contributed by atoms with Crippen LogP contribution in [0.4, 0.5) is 0 Å². The molecule has 0 saturated heterocycles. The highest BCUT2D eigenvalue weighted by molar-refractivity contribution is 5.87. The Hall–Kier alpha value is -1.55. The standard InChI is InChI=1S/C15H23NO3/c1-4-15(2,3)11-16-9-10-19-13-7-5-12(6-8-13)14(17)18/h5-8,16H,4,9-11H2,1-3H3,(H,17,18). The van der Waals surface area contributed by atoms with Gasteiger partial charge in [0.25, 0.3) is 0 Å². The molecule has 0 aliphatic rings. The summed E-state index contributed by atoms with van der Waals surface area (Å²) in [5, 5.41) is 12.1. The Balaban J connectivity index is 2.24. The number of carboxylic acids is 1. The van der Waals surface area contributed by atoms with Gasteiger partial charge in [0.15, 0.2) is 0 Å². The van der Waals surface area contributed by atoms with Gasteiger partial charge < -0.3 is 15.2 Å². The van der Waals surface area contributed by atoms with Gasteiger partial charge >= 0.3 is 5.97 Å². The number of hydrogen-bond donors (Lipinski definition) is 2. The predicted molar refractivity (Wildman–Crippen MR) is 75.8 cm³/mol. The molecule has 0 amide bonds. The molecule has 0 aliphatic heterocycles. The molecule has 106 valence electrons. The first-order valence-corrected chi connectivity index (χ1v) is 6.61. The van der Waals surface area contributed by atoms with Gasteiger partial charge in [-0.1, -0.05) is 20.8 Å². The summed E-state index contributed by atoms with van der Waals surface area (Å²) in [6.07, 6.45) is 1.14. The van der Waals surface area contributed by atoms with Crippen LogP contribution in [0.25, 0.3) is 0 Å². The van der Waals surface area contributed by atoms with E-state index in [4.69, 9.17) is 9.84 Å². The summed E-state index contributed by atoms with van der Waals surface area (Å²) in [5.41, 5.74) is 0.582. The van der Waals surface area contributed by atoms with Crippen LogP contribution in [0, 0.1) is 5.41 Å². The Labute approximate surface area is 114 Å². The molecule has 2 N–H and O–H groups in total. The van der Waals surface area contributed by atoms with Crippen molar-refractivity contribution in [2.75, 3.05) is 19.7 Å². The third-order valence-corrected chi connectivity index (χ3v) is 3.21. The lowest BCUT2D eigenvalue weighted by Crippen LogP contribution is -2.31. The second kappa shape index (κ2) is 7.14. The molecule has 0 fully saturated rings. The summed E-state index contributed by atoms with van der Waals surface area (Å²) in [6, 6.07) is 6.45. The van der Waals surface area contributed by atoms with Crippen molar-refractivity contribution in [3.63, 3.8) is 0 Å². The van der Waals surface area contributed by atoms with Crippen LogP contribution in [0.3, 0.4) is 0 Å². The molecule has 1 aromatic rings. The minimum Gasteiger partial charge on any atom is -0.492 e. The first-order chi connectivity index (χ1) is 8.94. The molecule has 0 heterocycles. The van der Waals surface area contributed by atoms with Crippen LogP contribution in [0.15, 0.2) is 24.3 Å². The van der Waals surface area contributed by atoms with Crippen molar-refractivity contribution in [1.82, 2.24) is 5.32 Å². The van der Waals surface area contributed by atoms with Crippen molar-refractivity contribution >= 4 is 5.97 Å². The SMILES string of the molecule is CCC(C)(C)CNCCOc1ccc(C(=O)O)cc1. The molecule has 0 spiro atoms. The van der Waals surface area contributed by atoms with E-state index < -0.39 is 5.97 Å². The van der Waals surface area contributed by atoms with E-state index in [1.54, 1.807) is 24.3 Å². The molecular weight excluding hydrogens is 242 g/mol. The summed E-state index contributed by atoms with van der Waals surface area (Å²) in [5.74, 6) is -0.225. The number of carbonyl (C=O) groups is 1. The first-order valence-electron chi connectivity index (χ1n) is 6.61. The summed E-state index contributed by atoms with van der Waals surface area (Å²) < 4.78 is 5.53. The van der Waals surface area contributed by atoms with Gasteiger partial charge in [0.05, 0.1) is 5.56 Å². The van der Waals surface area contributed by atoms with Crippen LogP contribution in [0.5, 0.6) is 5.75 Å². The van der Waals surface area contributed by atoms with Crippen LogP contribution in [-0.4, -0.2) is 30.8 Å². The van der Waals surface area contributed by atoms with Gasteiger partial charge in [-0.05, 0) is 36.1 Å². The maximum Gasteiger partial charge on any atom is 0.335 e. The van der Waals surface area contributed by atoms with Gasteiger partial charge in [0, 0.05) is 13.1 Å². The van der Waals surface area contributed by atoms with Gasteiger partial charge in [0.1, 0.15) is 12.4 Å². The zero-order chi connectivity index (χ0) is 14.3. The van der Waals surface area contributed by atoms with Gasteiger partial charge in [-0.15, -0.1) is 0 Å². The molecule has 0 saturated carbocycles. The van der Waals surface area contributed by atoms with E-state index in [0.717, 1.165) is 19.5 Å². The smallest absolute Gasteiger partial charge is 0.335 e. The Kier molecular flexibility index (Phi) is 5.83. The molecule has 19 heavy (non-hydrogen) atoms. The highest BCUT2D eigenvalue weighted by atomic mass is 16.5. The second-order valence-electron chi connectivity index (χ2n) is 5.37. The fourth-order valence-corrected chi connectivity index (χ4v) is 1.49. The van der Waals surface area contributed by atoms with Crippen LogP contribution in [0.2, 0.25) is 0 Å². The first kappa shape index (κ1) is 15.5. The molecule has 1 rings (SSSR count). The summed E-state index contributed by atoms with van der Waals surface area (Å²) in [6.45, 7) is 8.96. The minimum absolute atomic E-state index is 0.273. The van der Waals surface area contributed by atoms with Gasteiger partial charge in [0.2, 0.25) is 0 Å². The fourth-order valence-electron chi connectivity index (χ4n) is 1.49. The maximum absolute atomic E-state index is 10.7. The van der Waals surface area contributed by atoms with Crippen molar-refractivity contribution in [1.29, 1.82) is 0 Å². The summed E-state index contributed by atoms with van der Waals surface area (Å²) in [4.78, 5) is 10.7. The lowest BCUT2D eigenvalue weighted by molar-refractivity contribution is 0.0697. The Morgan fingerprint density at radius 2 is 1.95 bits per heavy atom. The highest BCUT2D eigenvalue weighted by Gasteiger charge is 2.13. The molecule has 0 atom stereocenters. The molecule has 0 aromatic heterocycles. The number of carboxylic acid groups (broad SMARTS) is 1. The van der Waals surface area contributed by atoms with Crippen molar-refractivity contribution in [2.24, 2.45) is 5.41 Å². The summed E-state index contributed by atoms with van der Waals surface area (Å²) in [7, 11) is 0. The van der Waals surface area contributed by atoms with Crippen LogP contribution in [-0.2, 0) is 0 Å². The number of hydrogen-bond acceptors (Lipinski definition) is 3. The van der Waals surface area contributed by atoms with Crippen molar-refractivity contribution in [3.8, 4) is 5.75 Å². The molecular formula is C15H23NO3. The monoisotopic (exact) mass is 265 g/mol. The fraction of sp³-hybridized carbons (Fsp3) is 0.533. The average Bonchev–Trinajstić information content (AvgIpc) is 2.39. The van der Waals surface area contributed by atoms with Crippen molar-refractivity contribution in [3.05, 3.63) is 29.8 Å². The lowest BCUT2D eigenvalue weighted by Gasteiger charge is -2.22. The van der Waals surface area contributed by atoms with E-state index in [1.165, 1.54) is 0 Å². The largest absolute Gasteiger partial charge is 0.492 e. The van der Waals surface area contributed by atoms with Gasteiger partial charge in [-0.2, -0.15) is 0 Å². The number of benzene rings is 1. The topological polar surface area (TPSA) is 58.6 Å². The van der Waals surface area contributed by atoms with Crippen LogP contribution < -0.4 is 10.1 Å². The average molecular weight is 265 g/mol. The second-order valence-corrected chi connectivity index (χ2v) is 5.37. The van der Waals surface area contributed by atoms with Crippen molar-refractivity contribution < 1.29 is 14.6 Å². The third-order valence-electron chi connectivity index (χ3n) is 3.21. The predicted octanol–water partition coefficient (Wildman–Crippen LogP) is 2.79. The van der Waals surface area contributed by atoms with E-state index in [0.29, 0.717) is 17.8 Å². The molecule has 0 unspecified atom stereocenters. The quantitative estimate of drug-likeness (QED) is 0.710. The van der Waals surface area contributed by atoms with E-state index >= 15 is 0 Å². The maximum atomic E-state index is 10.7. The van der Waals surface area contributed by atoms with E-state index in [1.807, 2.05) is 0 Å². The Morgan fingerprint density at radius 1 is 1.32 bits per heavy atom. The van der Waals surface area contributed by atoms with Gasteiger partial charge in [-0.3, -0.25) is 0 Å². The molecule has 1 aromatic carbocycles. The molecule has 4 nitrogen and oxygen atoms in total. The zero-order valence-electron chi connectivity index (χ0n) is 11.9. The number of aromatic carboxylic acids is 1. The van der Waals surface area contributed by atoms with Gasteiger partial charge in [-0.25, -0.2) is 4.79 Å². The minimum atomic E-state index is -0.921. The number of rotatable bonds is 8. The Morgan fingerprint density at radius 3 is 2.47 bits per heavy atom. The Bertz CT molecular complexity index is 398. The summed E-state index contributed by atoms with van der Waals surface area (Å²) >= 11 is 0. The van der Waals surface area contributed by atoms with Crippen molar-refractivity contribution in [2.45, 2.75) is 27.2 Å².